The summed E-state index contributed by atoms with van der Waals surface area (Å²) >= 11 is 0. The second-order valence-electron chi connectivity index (χ2n) is 5.80. The highest BCUT2D eigenvalue weighted by Gasteiger charge is 2.32. The number of alkyl halides is 3. The standard InChI is InChI=1S/C18H17F3O4S/c1-13(17(22)25-11-14-6-3-2-4-7-14)12-26(23,24)16-9-5-8-15(10-16)18(19,20)21/h2-10,13H,11-12H2,1H3. The summed E-state index contributed by atoms with van der Waals surface area (Å²) in [4.78, 5) is 11.5. The van der Waals surface area contributed by atoms with Crippen LogP contribution in [-0.4, -0.2) is 20.1 Å². The number of esters is 1. The lowest BCUT2D eigenvalue weighted by Gasteiger charge is -2.13. The Morgan fingerprint density at radius 3 is 2.35 bits per heavy atom. The average Bonchev–Trinajstić information content (AvgIpc) is 2.59. The van der Waals surface area contributed by atoms with Gasteiger partial charge in [-0.05, 0) is 23.8 Å². The van der Waals surface area contributed by atoms with Crippen molar-refractivity contribution < 1.29 is 31.1 Å². The van der Waals surface area contributed by atoms with E-state index < -0.39 is 44.1 Å². The molecule has 2 rings (SSSR count). The zero-order valence-corrected chi connectivity index (χ0v) is 14.7. The van der Waals surface area contributed by atoms with Gasteiger partial charge in [0, 0.05) is 0 Å². The molecule has 0 amide bonds. The quantitative estimate of drug-likeness (QED) is 0.708. The monoisotopic (exact) mass is 386 g/mol. The molecule has 0 radical (unpaired) electrons. The van der Waals surface area contributed by atoms with E-state index in [1.165, 1.54) is 6.92 Å². The molecule has 1 unspecified atom stereocenters. The number of rotatable bonds is 6. The van der Waals surface area contributed by atoms with Crippen LogP contribution in [0, 0.1) is 5.92 Å². The first-order valence-electron chi connectivity index (χ1n) is 7.70. The van der Waals surface area contributed by atoms with Crippen molar-refractivity contribution in [1.29, 1.82) is 0 Å². The smallest absolute Gasteiger partial charge is 0.416 e. The van der Waals surface area contributed by atoms with Crippen molar-refractivity contribution in [2.24, 2.45) is 5.92 Å². The molecular weight excluding hydrogens is 369 g/mol. The Kier molecular flexibility index (Phi) is 6.07. The molecule has 0 aliphatic heterocycles. The fraction of sp³-hybridized carbons (Fsp3) is 0.278. The highest BCUT2D eigenvalue weighted by atomic mass is 32.2. The molecule has 0 aromatic heterocycles. The summed E-state index contributed by atoms with van der Waals surface area (Å²) in [5.74, 6) is -2.38. The van der Waals surface area contributed by atoms with Crippen molar-refractivity contribution in [2.75, 3.05) is 5.75 Å². The molecular formula is C18H17F3O4S. The van der Waals surface area contributed by atoms with Gasteiger partial charge >= 0.3 is 12.1 Å². The van der Waals surface area contributed by atoms with Gasteiger partial charge in [0.2, 0.25) is 0 Å². The molecule has 0 spiro atoms. The van der Waals surface area contributed by atoms with Gasteiger partial charge in [-0.2, -0.15) is 13.2 Å². The van der Waals surface area contributed by atoms with Crippen molar-refractivity contribution in [1.82, 2.24) is 0 Å². The zero-order chi connectivity index (χ0) is 19.4. The van der Waals surface area contributed by atoms with Gasteiger partial charge in [-0.1, -0.05) is 43.3 Å². The van der Waals surface area contributed by atoms with E-state index in [1.807, 2.05) is 0 Å². The molecule has 0 bridgehead atoms. The molecule has 0 saturated heterocycles. The first kappa shape index (κ1) is 20.0. The molecule has 0 aliphatic carbocycles. The molecule has 1 atom stereocenters. The lowest BCUT2D eigenvalue weighted by molar-refractivity contribution is -0.148. The lowest BCUT2D eigenvalue weighted by atomic mass is 10.2. The van der Waals surface area contributed by atoms with Gasteiger partial charge in [-0.3, -0.25) is 4.79 Å². The Morgan fingerprint density at radius 1 is 1.08 bits per heavy atom. The van der Waals surface area contributed by atoms with E-state index in [0.717, 1.165) is 23.8 Å². The van der Waals surface area contributed by atoms with Crippen LogP contribution in [0.3, 0.4) is 0 Å². The van der Waals surface area contributed by atoms with Crippen LogP contribution in [-0.2, 0) is 32.2 Å². The van der Waals surface area contributed by atoms with E-state index in [1.54, 1.807) is 30.3 Å². The van der Waals surface area contributed by atoms with E-state index >= 15 is 0 Å². The molecule has 2 aromatic carbocycles. The molecule has 8 heteroatoms. The molecule has 0 heterocycles. The number of sulfone groups is 1. The zero-order valence-electron chi connectivity index (χ0n) is 13.9. The minimum atomic E-state index is -4.65. The third-order valence-electron chi connectivity index (χ3n) is 3.62. The van der Waals surface area contributed by atoms with Gasteiger partial charge in [0.15, 0.2) is 9.84 Å². The molecule has 140 valence electrons. The summed E-state index contributed by atoms with van der Waals surface area (Å²) in [6, 6.07) is 12.3. The maximum Gasteiger partial charge on any atom is 0.416 e. The van der Waals surface area contributed by atoms with E-state index in [2.05, 4.69) is 0 Å². The fourth-order valence-electron chi connectivity index (χ4n) is 2.23. The molecule has 26 heavy (non-hydrogen) atoms. The molecule has 0 aliphatic rings. The summed E-state index contributed by atoms with van der Waals surface area (Å²) in [7, 11) is -4.07. The first-order chi connectivity index (χ1) is 12.1. The molecule has 2 aromatic rings. The summed E-state index contributed by atoms with van der Waals surface area (Å²) in [6.07, 6.45) is -4.65. The lowest BCUT2D eigenvalue weighted by Crippen LogP contribution is -2.23. The maximum atomic E-state index is 12.7. The van der Waals surface area contributed by atoms with Crippen molar-refractivity contribution in [3.8, 4) is 0 Å². The van der Waals surface area contributed by atoms with E-state index in [-0.39, 0.29) is 6.61 Å². The number of carbonyl (C=O) groups excluding carboxylic acids is 1. The van der Waals surface area contributed by atoms with Crippen molar-refractivity contribution >= 4 is 15.8 Å². The molecule has 0 N–H and O–H groups in total. The Labute approximate surface area is 149 Å². The van der Waals surface area contributed by atoms with Gasteiger partial charge in [0.1, 0.15) is 6.61 Å². The van der Waals surface area contributed by atoms with Gasteiger partial charge in [0.25, 0.3) is 0 Å². The predicted molar refractivity (Wildman–Crippen MR) is 88.9 cm³/mol. The van der Waals surface area contributed by atoms with Crippen LogP contribution in [0.25, 0.3) is 0 Å². The Balaban J connectivity index is 2.05. The molecule has 0 fully saturated rings. The summed E-state index contributed by atoms with van der Waals surface area (Å²) in [6.45, 7) is 1.35. The van der Waals surface area contributed by atoms with Crippen LogP contribution >= 0.6 is 0 Å². The van der Waals surface area contributed by atoms with Crippen molar-refractivity contribution in [3.05, 3.63) is 65.7 Å². The number of benzene rings is 2. The normalized spacial score (nSPS) is 13.2. The fourth-order valence-corrected chi connectivity index (χ4v) is 3.81. The Morgan fingerprint density at radius 2 is 1.73 bits per heavy atom. The number of ether oxygens (including phenoxy) is 1. The third-order valence-corrected chi connectivity index (χ3v) is 5.53. The van der Waals surface area contributed by atoms with Gasteiger partial charge < -0.3 is 4.74 Å². The second-order valence-corrected chi connectivity index (χ2v) is 7.84. The van der Waals surface area contributed by atoms with Crippen LogP contribution in [0.4, 0.5) is 13.2 Å². The number of halogens is 3. The first-order valence-corrected chi connectivity index (χ1v) is 9.35. The summed E-state index contributed by atoms with van der Waals surface area (Å²) < 4.78 is 67.9. The largest absolute Gasteiger partial charge is 0.461 e. The minimum Gasteiger partial charge on any atom is -0.461 e. The van der Waals surface area contributed by atoms with Gasteiger partial charge in [-0.15, -0.1) is 0 Å². The van der Waals surface area contributed by atoms with Crippen LogP contribution in [0.5, 0.6) is 0 Å². The van der Waals surface area contributed by atoms with Gasteiger partial charge in [-0.25, -0.2) is 8.42 Å². The van der Waals surface area contributed by atoms with Crippen molar-refractivity contribution in [2.45, 2.75) is 24.6 Å². The summed E-state index contributed by atoms with van der Waals surface area (Å²) in [5.41, 5.74) is -0.313. The summed E-state index contributed by atoms with van der Waals surface area (Å²) in [5, 5.41) is 0. The van der Waals surface area contributed by atoms with E-state index in [4.69, 9.17) is 4.74 Å². The van der Waals surface area contributed by atoms with Crippen molar-refractivity contribution in [3.63, 3.8) is 0 Å². The number of hydrogen-bond donors (Lipinski definition) is 0. The van der Waals surface area contributed by atoms with Crippen LogP contribution in [0.15, 0.2) is 59.5 Å². The SMILES string of the molecule is CC(CS(=O)(=O)c1cccc(C(F)(F)F)c1)C(=O)OCc1ccccc1. The highest BCUT2D eigenvalue weighted by Crippen LogP contribution is 2.31. The van der Waals surface area contributed by atoms with Crippen LogP contribution in [0.2, 0.25) is 0 Å². The van der Waals surface area contributed by atoms with E-state index in [9.17, 15) is 26.4 Å². The maximum absolute atomic E-state index is 12.7. The average molecular weight is 386 g/mol. The van der Waals surface area contributed by atoms with Crippen LogP contribution in [0.1, 0.15) is 18.1 Å². The number of hydrogen-bond acceptors (Lipinski definition) is 4. The predicted octanol–water partition coefficient (Wildman–Crippen LogP) is 3.86. The minimum absolute atomic E-state index is 0.00633. The second kappa shape index (κ2) is 7.90. The highest BCUT2D eigenvalue weighted by molar-refractivity contribution is 7.91. The third kappa shape index (κ3) is 5.32. The van der Waals surface area contributed by atoms with Gasteiger partial charge in [0.05, 0.1) is 22.1 Å². The number of carbonyl (C=O) groups is 1. The Bertz CT molecular complexity index is 862. The molecule has 4 nitrogen and oxygen atoms in total. The molecule has 0 saturated carbocycles. The Hall–Kier alpha value is -2.35. The van der Waals surface area contributed by atoms with Crippen LogP contribution < -0.4 is 0 Å². The van der Waals surface area contributed by atoms with E-state index in [0.29, 0.717) is 6.07 Å². The topological polar surface area (TPSA) is 60.4 Å².